The molecule has 1 N–H and O–H groups in total. The van der Waals surface area contributed by atoms with Crippen molar-refractivity contribution in [3.63, 3.8) is 0 Å². The van der Waals surface area contributed by atoms with Crippen LogP contribution < -0.4 is 10.2 Å². The van der Waals surface area contributed by atoms with Crippen molar-refractivity contribution < 1.29 is 9.53 Å². The third-order valence-corrected chi connectivity index (χ3v) is 5.24. The molecule has 0 fully saturated rings. The van der Waals surface area contributed by atoms with E-state index in [1.165, 1.54) is 11.8 Å². The Morgan fingerprint density at radius 2 is 2.11 bits per heavy atom. The topological polar surface area (TPSA) is 63.6 Å². The van der Waals surface area contributed by atoms with Gasteiger partial charge in [0.15, 0.2) is 0 Å². The molecule has 27 heavy (non-hydrogen) atoms. The molecule has 0 spiro atoms. The van der Waals surface area contributed by atoms with Crippen molar-refractivity contribution >= 4 is 50.7 Å². The molecule has 0 bridgehead atoms. The Kier molecular flexibility index (Phi) is 6.47. The van der Waals surface area contributed by atoms with Crippen molar-refractivity contribution in [2.75, 3.05) is 12.9 Å². The Bertz CT molecular complexity index is 1010. The zero-order chi connectivity index (χ0) is 19.2. The van der Waals surface area contributed by atoms with Gasteiger partial charge in [0, 0.05) is 15.4 Å². The van der Waals surface area contributed by atoms with Crippen molar-refractivity contribution in [2.24, 2.45) is 5.10 Å². The van der Waals surface area contributed by atoms with Crippen molar-refractivity contribution in [1.82, 2.24) is 10.4 Å². The normalized spacial score (nSPS) is 11.1. The predicted molar refractivity (Wildman–Crippen MR) is 114 cm³/mol. The van der Waals surface area contributed by atoms with Crippen LogP contribution in [0.4, 0.5) is 0 Å². The molecule has 0 atom stereocenters. The quantitative estimate of drug-likeness (QED) is 0.344. The van der Waals surface area contributed by atoms with Gasteiger partial charge in [0.05, 0.1) is 29.6 Å². The summed E-state index contributed by atoms with van der Waals surface area (Å²) in [6, 6.07) is 15.5. The number of ether oxygens (including phenoxy) is 1. The van der Waals surface area contributed by atoms with Crippen LogP contribution in [0, 0.1) is 6.92 Å². The SMILES string of the molecule is COc1ccc(Br)cc1/C=N\NC(=O)CSc1cc(C)c2ccccc2n1. The second-order valence-corrected chi connectivity index (χ2v) is 7.67. The molecule has 1 heterocycles. The number of amides is 1. The van der Waals surface area contributed by atoms with E-state index in [2.05, 4.69) is 31.4 Å². The van der Waals surface area contributed by atoms with Crippen LogP contribution in [0.5, 0.6) is 5.75 Å². The molecule has 3 rings (SSSR count). The maximum atomic E-state index is 12.1. The van der Waals surface area contributed by atoms with Gasteiger partial charge in [0.2, 0.25) is 5.91 Å². The number of hydrogen-bond acceptors (Lipinski definition) is 5. The lowest BCUT2D eigenvalue weighted by Gasteiger charge is -2.06. The highest BCUT2D eigenvalue weighted by molar-refractivity contribution is 9.10. The number of hydrogen-bond donors (Lipinski definition) is 1. The van der Waals surface area contributed by atoms with Crippen LogP contribution in [0.15, 0.2) is 63.1 Å². The van der Waals surface area contributed by atoms with Crippen molar-refractivity contribution in [3.05, 3.63) is 64.1 Å². The highest BCUT2D eigenvalue weighted by Gasteiger charge is 2.06. The molecule has 1 amide bonds. The van der Waals surface area contributed by atoms with Crippen LogP contribution in [0.3, 0.4) is 0 Å². The number of pyridine rings is 1. The summed E-state index contributed by atoms with van der Waals surface area (Å²) >= 11 is 4.79. The van der Waals surface area contributed by atoms with E-state index in [1.807, 2.05) is 55.5 Å². The summed E-state index contributed by atoms with van der Waals surface area (Å²) in [4.78, 5) is 16.7. The third kappa shape index (κ3) is 5.08. The highest BCUT2D eigenvalue weighted by Crippen LogP contribution is 2.23. The molecule has 0 saturated heterocycles. The first-order chi connectivity index (χ1) is 13.1. The van der Waals surface area contributed by atoms with Gasteiger partial charge in [0.25, 0.3) is 0 Å². The van der Waals surface area contributed by atoms with E-state index in [4.69, 9.17) is 4.74 Å². The number of rotatable bonds is 6. The number of nitrogens with one attached hydrogen (secondary N) is 1. The lowest BCUT2D eigenvalue weighted by atomic mass is 10.1. The second-order valence-electron chi connectivity index (χ2n) is 5.76. The molecular weight excluding hydrogens is 426 g/mol. The fourth-order valence-corrected chi connectivity index (χ4v) is 3.69. The Balaban J connectivity index is 1.60. The average Bonchev–Trinajstić information content (AvgIpc) is 2.67. The Labute approximate surface area is 170 Å². The predicted octanol–water partition coefficient (Wildman–Crippen LogP) is 4.56. The maximum absolute atomic E-state index is 12.1. The lowest BCUT2D eigenvalue weighted by Crippen LogP contribution is -2.19. The number of thioether (sulfide) groups is 1. The summed E-state index contributed by atoms with van der Waals surface area (Å²) in [5, 5.41) is 5.95. The van der Waals surface area contributed by atoms with Crippen molar-refractivity contribution in [1.29, 1.82) is 0 Å². The number of halogens is 1. The molecule has 2 aromatic carbocycles. The second kappa shape index (κ2) is 9.01. The van der Waals surface area contributed by atoms with Gasteiger partial charge in [-0.25, -0.2) is 10.4 Å². The summed E-state index contributed by atoms with van der Waals surface area (Å²) < 4.78 is 6.18. The molecule has 0 aliphatic heterocycles. The fourth-order valence-electron chi connectivity index (χ4n) is 2.54. The van der Waals surface area contributed by atoms with Crippen LogP contribution in [-0.4, -0.2) is 30.0 Å². The van der Waals surface area contributed by atoms with E-state index in [-0.39, 0.29) is 11.7 Å². The molecule has 3 aromatic rings. The largest absolute Gasteiger partial charge is 0.496 e. The number of para-hydroxylation sites is 1. The van der Waals surface area contributed by atoms with Gasteiger partial charge in [0.1, 0.15) is 5.75 Å². The van der Waals surface area contributed by atoms with Gasteiger partial charge in [-0.15, -0.1) is 0 Å². The van der Waals surface area contributed by atoms with Crippen molar-refractivity contribution in [3.8, 4) is 5.75 Å². The monoisotopic (exact) mass is 443 g/mol. The average molecular weight is 444 g/mol. The minimum absolute atomic E-state index is 0.196. The van der Waals surface area contributed by atoms with E-state index in [0.29, 0.717) is 5.75 Å². The van der Waals surface area contributed by atoms with Gasteiger partial charge in [-0.1, -0.05) is 45.9 Å². The minimum Gasteiger partial charge on any atom is -0.496 e. The molecule has 7 heteroatoms. The lowest BCUT2D eigenvalue weighted by molar-refractivity contribution is -0.118. The van der Waals surface area contributed by atoms with Gasteiger partial charge in [-0.05, 0) is 42.8 Å². The molecule has 0 saturated carbocycles. The summed E-state index contributed by atoms with van der Waals surface area (Å²) in [6.07, 6.45) is 1.56. The number of methoxy groups -OCH3 is 1. The Morgan fingerprint density at radius 3 is 2.93 bits per heavy atom. The van der Waals surface area contributed by atoms with Crippen LogP contribution in [0.25, 0.3) is 10.9 Å². The summed E-state index contributed by atoms with van der Waals surface area (Å²) in [5.41, 5.74) is 5.38. The zero-order valence-electron chi connectivity index (χ0n) is 14.9. The van der Waals surface area contributed by atoms with Gasteiger partial charge < -0.3 is 4.74 Å². The number of aryl methyl sites for hydroxylation is 1. The number of hydrazone groups is 1. The molecular formula is C20H18BrN3O2S. The van der Waals surface area contributed by atoms with E-state index in [1.54, 1.807) is 13.3 Å². The first-order valence-electron chi connectivity index (χ1n) is 8.21. The molecule has 0 aliphatic carbocycles. The molecule has 138 valence electrons. The van der Waals surface area contributed by atoms with Gasteiger partial charge in [-0.3, -0.25) is 4.79 Å². The zero-order valence-corrected chi connectivity index (χ0v) is 17.3. The highest BCUT2D eigenvalue weighted by atomic mass is 79.9. The minimum atomic E-state index is -0.196. The van der Waals surface area contributed by atoms with Crippen LogP contribution in [0.1, 0.15) is 11.1 Å². The first kappa shape index (κ1) is 19.4. The van der Waals surface area contributed by atoms with E-state index in [9.17, 15) is 4.79 Å². The van der Waals surface area contributed by atoms with Crippen molar-refractivity contribution in [2.45, 2.75) is 11.9 Å². The number of nitrogens with zero attached hydrogens (tertiary/aromatic N) is 2. The van der Waals surface area contributed by atoms with Gasteiger partial charge in [-0.2, -0.15) is 5.10 Å². The summed E-state index contributed by atoms with van der Waals surface area (Å²) in [5.74, 6) is 0.719. The van der Waals surface area contributed by atoms with E-state index < -0.39 is 0 Å². The van der Waals surface area contributed by atoms with Crippen LogP contribution >= 0.6 is 27.7 Å². The van der Waals surface area contributed by atoms with E-state index >= 15 is 0 Å². The maximum Gasteiger partial charge on any atom is 0.250 e. The van der Waals surface area contributed by atoms with Gasteiger partial charge >= 0.3 is 0 Å². The molecule has 0 aliphatic rings. The number of benzene rings is 2. The summed E-state index contributed by atoms with van der Waals surface area (Å²) in [6.45, 7) is 2.05. The fraction of sp³-hybridized carbons (Fsp3) is 0.150. The Morgan fingerprint density at radius 1 is 1.30 bits per heavy atom. The smallest absolute Gasteiger partial charge is 0.250 e. The molecule has 5 nitrogen and oxygen atoms in total. The third-order valence-electron chi connectivity index (χ3n) is 3.84. The summed E-state index contributed by atoms with van der Waals surface area (Å²) in [7, 11) is 1.59. The standard InChI is InChI=1S/C20H18BrN3O2S/c1-13-9-20(23-17-6-4-3-5-16(13)17)27-12-19(25)24-22-11-14-10-15(21)7-8-18(14)26-2/h3-11H,12H2,1-2H3,(H,24,25)/b22-11-. The van der Waals surface area contributed by atoms with Crippen LogP contribution in [0.2, 0.25) is 0 Å². The molecule has 0 radical (unpaired) electrons. The Hall–Kier alpha value is -2.38. The number of carbonyl (C=O) groups excluding carboxylic acids is 1. The molecule has 1 aromatic heterocycles. The number of aromatic nitrogens is 1. The molecule has 0 unspecified atom stereocenters. The van der Waals surface area contributed by atoms with Crippen LogP contribution in [-0.2, 0) is 4.79 Å². The number of carbonyl (C=O) groups is 1. The first-order valence-corrected chi connectivity index (χ1v) is 9.99. The van der Waals surface area contributed by atoms with E-state index in [0.717, 1.165) is 31.5 Å². The number of fused-ring (bicyclic) bond motifs is 1.